The van der Waals surface area contributed by atoms with Crippen molar-refractivity contribution in [1.82, 2.24) is 0 Å². The van der Waals surface area contributed by atoms with Gasteiger partial charge in [0.2, 0.25) is 0 Å². The fourth-order valence-electron chi connectivity index (χ4n) is 4.30. The van der Waals surface area contributed by atoms with Gasteiger partial charge in [0.05, 0.1) is 25.4 Å². The molecule has 1 aliphatic carbocycles. The van der Waals surface area contributed by atoms with E-state index in [9.17, 15) is 5.11 Å². The van der Waals surface area contributed by atoms with Gasteiger partial charge in [-0.1, -0.05) is 49.8 Å². The van der Waals surface area contributed by atoms with Crippen LogP contribution in [0, 0.1) is 5.92 Å². The molecule has 0 bridgehead atoms. The highest BCUT2D eigenvalue weighted by molar-refractivity contribution is 5.68. The molecule has 4 rings (SSSR count). The minimum absolute atomic E-state index is 0.00326. The van der Waals surface area contributed by atoms with Crippen molar-refractivity contribution in [2.45, 2.75) is 38.1 Å². The van der Waals surface area contributed by atoms with Crippen molar-refractivity contribution in [3.05, 3.63) is 59.7 Å². The molecule has 2 aliphatic rings. The van der Waals surface area contributed by atoms with Crippen LogP contribution in [0.4, 0.5) is 5.69 Å². The van der Waals surface area contributed by atoms with Crippen LogP contribution in [0.15, 0.2) is 48.6 Å². The zero-order chi connectivity index (χ0) is 18.8. The zero-order valence-corrected chi connectivity index (χ0v) is 15.9. The number of rotatable bonds is 6. The number of allylic oxidation sites excluding steroid dienone is 2. The van der Waals surface area contributed by atoms with Gasteiger partial charge in [-0.15, -0.1) is 0 Å². The highest BCUT2D eigenvalue weighted by Gasteiger charge is 2.40. The van der Waals surface area contributed by atoms with Gasteiger partial charge in [0.25, 0.3) is 0 Å². The van der Waals surface area contributed by atoms with E-state index in [4.69, 9.17) is 9.47 Å². The molecular formula is C23H27NO3. The smallest absolute Gasteiger partial charge is 0.163 e. The Hall–Kier alpha value is -2.62. The molecule has 2 aromatic rings. The average Bonchev–Trinajstić information content (AvgIpc) is 3.18. The largest absolute Gasteiger partial charge is 0.504 e. The predicted octanol–water partition coefficient (Wildman–Crippen LogP) is 5.41. The molecule has 2 aromatic carbocycles. The van der Waals surface area contributed by atoms with E-state index in [-0.39, 0.29) is 11.8 Å². The number of nitrogens with one attached hydrogen (secondary N) is 1. The maximum atomic E-state index is 10.7. The number of benzene rings is 2. The van der Waals surface area contributed by atoms with E-state index in [1.807, 2.05) is 18.2 Å². The standard InChI is InChI=1S/C23H27NO3/c1-3-4-14-27-19-12-6-10-17-15-8-5-9-16(15)21(24-22(17)19)18-11-7-13-20(26-2)23(18)25/h5-8,10-13,15-16,21,24-25H,3-4,9,14H2,1-2H3. The highest BCUT2D eigenvalue weighted by Crippen LogP contribution is 2.53. The van der Waals surface area contributed by atoms with Crippen LogP contribution < -0.4 is 14.8 Å². The van der Waals surface area contributed by atoms with Crippen molar-refractivity contribution in [2.24, 2.45) is 5.92 Å². The summed E-state index contributed by atoms with van der Waals surface area (Å²) in [4.78, 5) is 0. The second kappa shape index (κ2) is 7.55. The second-order valence-corrected chi connectivity index (χ2v) is 7.30. The van der Waals surface area contributed by atoms with Gasteiger partial charge >= 0.3 is 0 Å². The van der Waals surface area contributed by atoms with E-state index < -0.39 is 0 Å². The number of hydrogen-bond acceptors (Lipinski definition) is 4. The van der Waals surface area contributed by atoms with Crippen LogP contribution >= 0.6 is 0 Å². The van der Waals surface area contributed by atoms with Crippen molar-refractivity contribution >= 4 is 5.69 Å². The first-order valence-corrected chi connectivity index (χ1v) is 9.79. The summed E-state index contributed by atoms with van der Waals surface area (Å²) in [5, 5.41) is 14.4. The Labute approximate surface area is 160 Å². The van der Waals surface area contributed by atoms with Crippen LogP contribution in [0.3, 0.4) is 0 Å². The summed E-state index contributed by atoms with van der Waals surface area (Å²) in [7, 11) is 1.59. The van der Waals surface area contributed by atoms with Crippen molar-refractivity contribution < 1.29 is 14.6 Å². The summed E-state index contributed by atoms with van der Waals surface area (Å²) >= 11 is 0. The average molecular weight is 365 g/mol. The molecule has 4 nitrogen and oxygen atoms in total. The van der Waals surface area contributed by atoms with Crippen molar-refractivity contribution in [3.8, 4) is 17.2 Å². The van der Waals surface area contributed by atoms with Crippen molar-refractivity contribution in [3.63, 3.8) is 0 Å². The van der Waals surface area contributed by atoms with Gasteiger partial charge in [-0.3, -0.25) is 0 Å². The molecule has 0 aromatic heterocycles. The van der Waals surface area contributed by atoms with E-state index in [0.717, 1.165) is 36.3 Å². The molecule has 0 fully saturated rings. The predicted molar refractivity (Wildman–Crippen MR) is 108 cm³/mol. The van der Waals surface area contributed by atoms with Crippen LogP contribution in [0.2, 0.25) is 0 Å². The summed E-state index contributed by atoms with van der Waals surface area (Å²) < 4.78 is 11.4. The number of aromatic hydroxyl groups is 1. The Morgan fingerprint density at radius 1 is 1.11 bits per heavy atom. The van der Waals surface area contributed by atoms with Crippen LogP contribution in [0.5, 0.6) is 17.2 Å². The van der Waals surface area contributed by atoms with Gasteiger partial charge in [0.1, 0.15) is 5.75 Å². The minimum atomic E-state index is 0.00326. The number of unbranched alkanes of at least 4 members (excludes halogenated alkanes) is 1. The fraction of sp³-hybridized carbons (Fsp3) is 0.391. The van der Waals surface area contributed by atoms with Gasteiger partial charge in [-0.05, 0) is 36.5 Å². The number of anilines is 1. The Morgan fingerprint density at radius 3 is 2.67 bits per heavy atom. The number of hydrogen-bond donors (Lipinski definition) is 2. The fourth-order valence-corrected chi connectivity index (χ4v) is 4.30. The molecule has 3 unspecified atom stereocenters. The molecule has 1 heterocycles. The maximum Gasteiger partial charge on any atom is 0.163 e. The number of ether oxygens (including phenoxy) is 2. The number of phenolic OH excluding ortho intramolecular Hbond substituents is 1. The lowest BCUT2D eigenvalue weighted by atomic mass is 9.76. The molecule has 0 spiro atoms. The lowest BCUT2D eigenvalue weighted by molar-refractivity contribution is 0.307. The summed E-state index contributed by atoms with van der Waals surface area (Å²) in [5.41, 5.74) is 3.21. The highest BCUT2D eigenvalue weighted by atomic mass is 16.5. The summed E-state index contributed by atoms with van der Waals surface area (Å²) in [6.45, 7) is 2.88. The number of phenols is 1. The Balaban J connectivity index is 1.74. The maximum absolute atomic E-state index is 10.7. The van der Waals surface area contributed by atoms with E-state index in [1.165, 1.54) is 5.56 Å². The van der Waals surface area contributed by atoms with E-state index in [2.05, 4.69) is 36.5 Å². The summed E-state index contributed by atoms with van der Waals surface area (Å²) in [5.74, 6) is 2.31. The number of fused-ring (bicyclic) bond motifs is 3. The minimum Gasteiger partial charge on any atom is -0.504 e. The van der Waals surface area contributed by atoms with Crippen LogP contribution in [0.1, 0.15) is 49.3 Å². The SMILES string of the molecule is CCCCOc1cccc2c1NC(c1cccc(OC)c1O)C1CC=CC21. The molecule has 27 heavy (non-hydrogen) atoms. The van der Waals surface area contributed by atoms with Crippen LogP contribution in [0.25, 0.3) is 0 Å². The van der Waals surface area contributed by atoms with Crippen molar-refractivity contribution in [1.29, 1.82) is 0 Å². The zero-order valence-electron chi connectivity index (χ0n) is 15.9. The quantitative estimate of drug-likeness (QED) is 0.531. The molecule has 1 aliphatic heterocycles. The number of para-hydroxylation sites is 2. The van der Waals surface area contributed by atoms with Crippen molar-refractivity contribution in [2.75, 3.05) is 19.0 Å². The summed E-state index contributed by atoms with van der Waals surface area (Å²) in [6, 6.07) is 12.0. The third kappa shape index (κ3) is 3.14. The molecule has 0 radical (unpaired) electrons. The van der Waals surface area contributed by atoms with Gasteiger partial charge in [0.15, 0.2) is 11.5 Å². The molecule has 2 N–H and O–H groups in total. The van der Waals surface area contributed by atoms with Crippen LogP contribution in [-0.2, 0) is 0 Å². The lowest BCUT2D eigenvalue weighted by Crippen LogP contribution is -2.29. The normalized spacial score (nSPS) is 22.7. The Bertz CT molecular complexity index is 846. The molecule has 4 heteroatoms. The molecule has 0 saturated carbocycles. The van der Waals surface area contributed by atoms with E-state index >= 15 is 0 Å². The molecule has 142 valence electrons. The first kappa shape index (κ1) is 17.8. The molecular weight excluding hydrogens is 338 g/mol. The first-order chi connectivity index (χ1) is 13.2. The molecule has 0 saturated heterocycles. The first-order valence-electron chi connectivity index (χ1n) is 9.79. The third-order valence-electron chi connectivity index (χ3n) is 5.70. The molecule has 3 atom stereocenters. The topological polar surface area (TPSA) is 50.7 Å². The Kier molecular flexibility index (Phi) is 4.97. The second-order valence-electron chi connectivity index (χ2n) is 7.30. The van der Waals surface area contributed by atoms with Crippen LogP contribution in [-0.4, -0.2) is 18.8 Å². The van der Waals surface area contributed by atoms with E-state index in [1.54, 1.807) is 13.2 Å². The van der Waals surface area contributed by atoms with Gasteiger partial charge in [-0.25, -0.2) is 0 Å². The monoisotopic (exact) mass is 365 g/mol. The summed E-state index contributed by atoms with van der Waals surface area (Å²) in [6.07, 6.45) is 7.68. The van der Waals surface area contributed by atoms with Gasteiger partial charge < -0.3 is 19.9 Å². The van der Waals surface area contributed by atoms with E-state index in [0.29, 0.717) is 24.2 Å². The number of methoxy groups -OCH3 is 1. The lowest BCUT2D eigenvalue weighted by Gasteiger charge is -2.38. The van der Waals surface area contributed by atoms with Gasteiger partial charge in [0, 0.05) is 11.5 Å². The third-order valence-corrected chi connectivity index (χ3v) is 5.70. The van der Waals surface area contributed by atoms with Gasteiger partial charge in [-0.2, -0.15) is 0 Å². The Morgan fingerprint density at radius 2 is 1.89 bits per heavy atom. The molecule has 0 amide bonds.